The van der Waals surface area contributed by atoms with Crippen LogP contribution in [0.25, 0.3) is 0 Å². The third-order valence-electron chi connectivity index (χ3n) is 3.18. The molecule has 0 amide bonds. The third kappa shape index (κ3) is 4.31. The van der Waals surface area contributed by atoms with Crippen molar-refractivity contribution in [3.05, 3.63) is 60.6 Å². The van der Waals surface area contributed by atoms with Gasteiger partial charge in [-0.15, -0.1) is 6.58 Å². The molecule has 1 aromatic heterocycles. The fourth-order valence-electron chi connectivity index (χ4n) is 2.02. The number of nitrogens with zero attached hydrogens (tertiary/aromatic N) is 2. The second-order valence-corrected chi connectivity index (χ2v) is 4.95. The largest absolute Gasteiger partial charge is 0.417 e. The molecule has 0 aliphatic heterocycles. The monoisotopic (exact) mass is 284 g/mol. The Balaban J connectivity index is 1.95. The predicted octanol–water partition coefficient (Wildman–Crippen LogP) is 3.85. The first kappa shape index (κ1) is 15.0. The summed E-state index contributed by atoms with van der Waals surface area (Å²) < 4.78 is 5.55. The zero-order valence-corrected chi connectivity index (χ0v) is 12.3. The number of aromatic nitrogens is 1. The summed E-state index contributed by atoms with van der Waals surface area (Å²) in [4.78, 5) is 17.9. The van der Waals surface area contributed by atoms with Gasteiger partial charge in [-0.2, -0.15) is 0 Å². The summed E-state index contributed by atoms with van der Waals surface area (Å²) in [7, 11) is 1.92. The minimum Gasteiger partial charge on any atom is -0.417 e. The first-order chi connectivity index (χ1) is 10.2. The highest BCUT2D eigenvalue weighted by molar-refractivity contribution is 5.91. The van der Waals surface area contributed by atoms with Crippen molar-refractivity contribution in [2.75, 3.05) is 11.9 Å². The molecule has 0 radical (unpaired) electrons. The smallest absolute Gasteiger partial charge is 0.264 e. The van der Waals surface area contributed by atoms with Crippen LogP contribution in [-0.4, -0.2) is 17.8 Å². The summed E-state index contributed by atoms with van der Waals surface area (Å²) in [5.41, 5.74) is 1.18. The van der Waals surface area contributed by atoms with E-state index in [1.54, 1.807) is 6.20 Å². The highest BCUT2D eigenvalue weighted by Crippen LogP contribution is 2.18. The molecule has 1 aromatic carbocycles. The van der Waals surface area contributed by atoms with Crippen molar-refractivity contribution in [1.82, 2.24) is 4.98 Å². The molecule has 1 heterocycles. The molecular formula is C17H20N2O2. The zero-order valence-electron chi connectivity index (χ0n) is 12.3. The SMILES string of the molecule is C=CCCCC(=O)c1ncc(N(C)Cc2ccccc2)o1. The van der Waals surface area contributed by atoms with Crippen molar-refractivity contribution in [3.63, 3.8) is 0 Å². The molecule has 2 aromatic rings. The first-order valence-electron chi connectivity index (χ1n) is 7.05. The Morgan fingerprint density at radius 3 is 2.86 bits per heavy atom. The molecule has 0 N–H and O–H groups in total. The Morgan fingerprint density at radius 2 is 2.14 bits per heavy atom. The Morgan fingerprint density at radius 1 is 1.38 bits per heavy atom. The van der Waals surface area contributed by atoms with Gasteiger partial charge in [0.1, 0.15) is 0 Å². The van der Waals surface area contributed by atoms with Crippen molar-refractivity contribution in [3.8, 4) is 0 Å². The van der Waals surface area contributed by atoms with Gasteiger partial charge in [-0.25, -0.2) is 4.98 Å². The lowest BCUT2D eigenvalue weighted by Crippen LogP contribution is -2.15. The zero-order chi connectivity index (χ0) is 15.1. The van der Waals surface area contributed by atoms with Crippen LogP contribution in [0.1, 0.15) is 35.5 Å². The Labute approximate surface area is 125 Å². The van der Waals surface area contributed by atoms with Crippen LogP contribution in [-0.2, 0) is 6.54 Å². The van der Waals surface area contributed by atoms with Crippen LogP contribution in [0.2, 0.25) is 0 Å². The number of carbonyl (C=O) groups excluding carboxylic acids is 1. The van der Waals surface area contributed by atoms with E-state index in [9.17, 15) is 4.79 Å². The molecule has 0 saturated heterocycles. The van der Waals surface area contributed by atoms with Gasteiger partial charge in [0.25, 0.3) is 5.89 Å². The number of benzene rings is 1. The van der Waals surface area contributed by atoms with E-state index in [-0.39, 0.29) is 11.7 Å². The summed E-state index contributed by atoms with van der Waals surface area (Å²) in [6.45, 7) is 4.35. The summed E-state index contributed by atoms with van der Waals surface area (Å²) in [5, 5.41) is 0. The van der Waals surface area contributed by atoms with E-state index < -0.39 is 0 Å². The van der Waals surface area contributed by atoms with Crippen LogP contribution in [0.5, 0.6) is 0 Å². The van der Waals surface area contributed by atoms with Crippen molar-refractivity contribution in [2.45, 2.75) is 25.8 Å². The van der Waals surface area contributed by atoms with Gasteiger partial charge in [0, 0.05) is 20.0 Å². The van der Waals surface area contributed by atoms with Crippen LogP contribution in [0.3, 0.4) is 0 Å². The number of unbranched alkanes of at least 4 members (excludes halogenated alkanes) is 1. The lowest BCUT2D eigenvalue weighted by Gasteiger charge is -2.15. The molecule has 110 valence electrons. The molecule has 0 aliphatic rings. The average Bonchev–Trinajstić information content (AvgIpc) is 2.98. The third-order valence-corrected chi connectivity index (χ3v) is 3.18. The van der Waals surface area contributed by atoms with Gasteiger partial charge >= 0.3 is 0 Å². The molecule has 0 unspecified atom stereocenters. The number of allylic oxidation sites excluding steroid dienone is 1. The van der Waals surface area contributed by atoms with E-state index in [1.165, 1.54) is 5.56 Å². The first-order valence-corrected chi connectivity index (χ1v) is 7.05. The van der Waals surface area contributed by atoms with E-state index in [2.05, 4.69) is 11.6 Å². The molecule has 0 saturated carbocycles. The molecule has 2 rings (SSSR count). The number of Topliss-reactive ketones (excluding diaryl/α,β-unsaturated/α-hetero) is 1. The molecule has 0 atom stereocenters. The van der Waals surface area contributed by atoms with Crippen LogP contribution in [0.4, 0.5) is 5.88 Å². The highest BCUT2D eigenvalue weighted by atomic mass is 16.4. The minimum absolute atomic E-state index is 0.0591. The Kier molecular flexibility index (Phi) is 5.32. The van der Waals surface area contributed by atoms with Crippen molar-refractivity contribution < 1.29 is 9.21 Å². The topological polar surface area (TPSA) is 46.3 Å². The maximum Gasteiger partial charge on any atom is 0.264 e. The minimum atomic E-state index is -0.0591. The van der Waals surface area contributed by atoms with Crippen molar-refractivity contribution in [2.24, 2.45) is 0 Å². The summed E-state index contributed by atoms with van der Waals surface area (Å²) in [6.07, 6.45) is 5.45. The highest BCUT2D eigenvalue weighted by Gasteiger charge is 2.14. The quantitative estimate of drug-likeness (QED) is 0.419. The number of hydrogen-bond acceptors (Lipinski definition) is 4. The lowest BCUT2D eigenvalue weighted by molar-refractivity contribution is 0.0947. The lowest BCUT2D eigenvalue weighted by atomic mass is 10.2. The number of hydrogen-bond donors (Lipinski definition) is 0. The predicted molar refractivity (Wildman–Crippen MR) is 83.4 cm³/mol. The van der Waals surface area contributed by atoms with Gasteiger partial charge in [-0.05, 0) is 18.4 Å². The maximum absolute atomic E-state index is 11.9. The number of carbonyl (C=O) groups is 1. The average molecular weight is 284 g/mol. The van der Waals surface area contributed by atoms with E-state index in [1.807, 2.05) is 48.4 Å². The van der Waals surface area contributed by atoms with Gasteiger partial charge < -0.3 is 9.32 Å². The van der Waals surface area contributed by atoms with E-state index in [0.29, 0.717) is 18.8 Å². The second-order valence-electron chi connectivity index (χ2n) is 4.95. The fraction of sp³-hybridized carbons (Fsp3) is 0.294. The van der Waals surface area contributed by atoms with E-state index >= 15 is 0 Å². The summed E-state index contributed by atoms with van der Waals surface area (Å²) in [6, 6.07) is 10.1. The second kappa shape index (κ2) is 7.43. The number of ketones is 1. The van der Waals surface area contributed by atoms with Crippen LogP contribution >= 0.6 is 0 Å². The Hall–Kier alpha value is -2.36. The van der Waals surface area contributed by atoms with Crippen molar-refractivity contribution in [1.29, 1.82) is 0 Å². The molecule has 0 spiro atoms. The number of oxazole rings is 1. The van der Waals surface area contributed by atoms with Crippen molar-refractivity contribution >= 4 is 11.7 Å². The number of rotatable bonds is 8. The fourth-order valence-corrected chi connectivity index (χ4v) is 2.02. The molecule has 0 fully saturated rings. The number of anilines is 1. The maximum atomic E-state index is 11.9. The molecule has 21 heavy (non-hydrogen) atoms. The molecular weight excluding hydrogens is 264 g/mol. The van der Waals surface area contributed by atoms with Crippen LogP contribution in [0.15, 0.2) is 53.6 Å². The summed E-state index contributed by atoms with van der Waals surface area (Å²) in [5.74, 6) is 0.733. The molecule has 0 bridgehead atoms. The van der Waals surface area contributed by atoms with Gasteiger partial charge in [0.05, 0.1) is 6.20 Å². The van der Waals surface area contributed by atoms with Gasteiger partial charge in [-0.1, -0.05) is 36.4 Å². The standard InChI is InChI=1S/C17H20N2O2/c1-3-4-6-11-15(20)17-18-12-16(21-17)19(2)13-14-9-7-5-8-10-14/h3,5,7-10,12H,1,4,6,11,13H2,2H3. The Bertz CT molecular complexity index is 590. The van der Waals surface area contributed by atoms with Gasteiger partial charge in [-0.3, -0.25) is 4.79 Å². The van der Waals surface area contributed by atoms with E-state index in [4.69, 9.17) is 4.42 Å². The molecule has 0 aliphatic carbocycles. The summed E-state index contributed by atoms with van der Waals surface area (Å²) >= 11 is 0. The molecule has 4 nitrogen and oxygen atoms in total. The van der Waals surface area contributed by atoms with Gasteiger partial charge in [0.2, 0.25) is 11.7 Å². The van der Waals surface area contributed by atoms with Crippen LogP contribution in [0, 0.1) is 0 Å². The van der Waals surface area contributed by atoms with Crippen LogP contribution < -0.4 is 4.90 Å². The van der Waals surface area contributed by atoms with Gasteiger partial charge in [0.15, 0.2) is 0 Å². The molecule has 4 heteroatoms. The normalized spacial score (nSPS) is 10.3. The van der Waals surface area contributed by atoms with E-state index in [0.717, 1.165) is 12.8 Å².